The number of nitrogens with zero attached hydrogens (tertiary/aromatic N) is 1. The van der Waals surface area contributed by atoms with Crippen LogP contribution in [0.3, 0.4) is 0 Å². The molecule has 0 saturated carbocycles. The summed E-state index contributed by atoms with van der Waals surface area (Å²) in [7, 11) is -4.75. The van der Waals surface area contributed by atoms with Gasteiger partial charge in [-0.2, -0.15) is 8.42 Å². The minimum atomic E-state index is -4.75. The smallest absolute Gasteiger partial charge is 0.446 e. The monoisotopic (exact) mass is 368 g/mol. The summed E-state index contributed by atoms with van der Waals surface area (Å²) in [4.78, 5) is 1.53. The van der Waals surface area contributed by atoms with Crippen molar-refractivity contribution in [3.05, 3.63) is 35.4 Å². The van der Waals surface area contributed by atoms with Gasteiger partial charge >= 0.3 is 10.4 Å². The molecular weight excluding hydrogens is 346 g/mol. The summed E-state index contributed by atoms with van der Waals surface area (Å²) in [6.45, 7) is -1.93. The first-order valence-electron chi connectivity index (χ1n) is 9.65. The standard InChI is InChI=1S/C17H19NO6S/c1-18-7-6-17-10-3-4-12(19)16(17)23-15-13(24-25(20,21)22)5-2-9(14(15)17)8-11(10)18/h2-5,10-12,16,19H,6-8H2,1H3,(H,20,21,22)/t10-,11+,12-,16-,17-/m0/s1/i1D3. The Morgan fingerprint density at radius 2 is 2.28 bits per heavy atom. The first kappa shape index (κ1) is 12.7. The van der Waals surface area contributed by atoms with Crippen molar-refractivity contribution in [1.82, 2.24) is 4.90 Å². The van der Waals surface area contributed by atoms with Gasteiger partial charge in [-0.3, -0.25) is 4.55 Å². The molecule has 5 atom stereocenters. The van der Waals surface area contributed by atoms with Crippen LogP contribution in [0.5, 0.6) is 11.5 Å². The SMILES string of the molecule is [2H]C([2H])([2H])N1CC[C@]23c4c5ccc(OS(=O)(=O)O)c4O[C@H]2[C@@H](O)C=C[C@H]3[C@H]1C5. The molecule has 1 aromatic carbocycles. The van der Waals surface area contributed by atoms with Gasteiger partial charge < -0.3 is 18.9 Å². The lowest BCUT2D eigenvalue weighted by Crippen LogP contribution is -2.64. The van der Waals surface area contributed by atoms with Crippen LogP contribution in [0, 0.1) is 5.92 Å². The van der Waals surface area contributed by atoms with Crippen molar-refractivity contribution in [3.8, 4) is 11.5 Å². The highest BCUT2D eigenvalue weighted by molar-refractivity contribution is 7.81. The zero-order valence-electron chi connectivity index (χ0n) is 16.1. The highest BCUT2D eigenvalue weighted by Crippen LogP contribution is 2.62. The topological polar surface area (TPSA) is 96.3 Å². The number of hydrogen-bond donors (Lipinski definition) is 2. The van der Waals surface area contributed by atoms with Crippen LogP contribution in [-0.4, -0.2) is 54.7 Å². The molecule has 2 bridgehead atoms. The fourth-order valence-electron chi connectivity index (χ4n) is 5.23. The number of rotatable bonds is 2. The Labute approximate surface area is 150 Å². The molecule has 0 amide bonds. The van der Waals surface area contributed by atoms with E-state index >= 15 is 0 Å². The molecule has 2 N–H and O–H groups in total. The van der Waals surface area contributed by atoms with Crippen LogP contribution < -0.4 is 8.92 Å². The maximum atomic E-state index is 11.3. The predicted molar refractivity (Wildman–Crippen MR) is 88.1 cm³/mol. The zero-order chi connectivity index (χ0) is 20.1. The van der Waals surface area contributed by atoms with Gasteiger partial charge in [-0.25, -0.2) is 0 Å². The fourth-order valence-corrected chi connectivity index (χ4v) is 5.58. The van der Waals surface area contributed by atoms with Crippen LogP contribution in [0.1, 0.15) is 21.7 Å². The molecular formula is C17H19NO6S. The summed E-state index contributed by atoms with van der Waals surface area (Å²) in [6.07, 6.45) is 2.77. The molecule has 1 saturated heterocycles. The highest BCUT2D eigenvalue weighted by Gasteiger charge is 2.64. The summed E-state index contributed by atoms with van der Waals surface area (Å²) >= 11 is 0. The van der Waals surface area contributed by atoms with Gasteiger partial charge in [-0.05, 0) is 38.0 Å². The minimum absolute atomic E-state index is 0.132. The Hall–Kier alpha value is -1.61. The van der Waals surface area contributed by atoms with Crippen LogP contribution in [0.4, 0.5) is 0 Å². The van der Waals surface area contributed by atoms with Crippen LogP contribution >= 0.6 is 0 Å². The van der Waals surface area contributed by atoms with E-state index in [0.717, 1.165) is 11.1 Å². The number of benzene rings is 1. The van der Waals surface area contributed by atoms with E-state index in [1.165, 1.54) is 11.0 Å². The number of aliphatic hydroxyl groups is 1. The van der Waals surface area contributed by atoms with Crippen molar-refractivity contribution in [2.45, 2.75) is 36.5 Å². The molecule has 0 radical (unpaired) electrons. The average molecular weight is 368 g/mol. The van der Waals surface area contributed by atoms with Gasteiger partial charge in [0.2, 0.25) is 0 Å². The predicted octanol–water partition coefficient (Wildman–Crippen LogP) is 0.674. The Morgan fingerprint density at radius 3 is 3.04 bits per heavy atom. The Morgan fingerprint density at radius 1 is 1.44 bits per heavy atom. The van der Waals surface area contributed by atoms with E-state index in [-0.39, 0.29) is 23.5 Å². The molecule has 25 heavy (non-hydrogen) atoms. The zero-order valence-corrected chi connectivity index (χ0v) is 13.9. The summed E-state index contributed by atoms with van der Waals surface area (Å²) in [5.74, 6) is -0.133. The summed E-state index contributed by atoms with van der Waals surface area (Å²) < 4.78 is 66.1. The maximum Gasteiger partial charge on any atom is 0.446 e. The van der Waals surface area contributed by atoms with Gasteiger partial charge in [0.25, 0.3) is 0 Å². The van der Waals surface area contributed by atoms with Crippen molar-refractivity contribution in [2.75, 3.05) is 13.5 Å². The van der Waals surface area contributed by atoms with Crippen molar-refractivity contribution < 1.29 is 31.1 Å². The van der Waals surface area contributed by atoms with E-state index in [0.29, 0.717) is 19.4 Å². The number of aliphatic hydroxyl groups excluding tert-OH is 1. The number of hydrogen-bond acceptors (Lipinski definition) is 6. The molecule has 134 valence electrons. The molecule has 1 aromatic rings. The second-order valence-corrected chi connectivity index (χ2v) is 8.16. The van der Waals surface area contributed by atoms with Crippen molar-refractivity contribution >= 4 is 10.4 Å². The second-order valence-electron chi connectivity index (χ2n) is 7.13. The van der Waals surface area contributed by atoms with E-state index in [1.54, 1.807) is 12.1 Å². The molecule has 7 nitrogen and oxygen atoms in total. The van der Waals surface area contributed by atoms with Gasteiger partial charge in [0.15, 0.2) is 11.5 Å². The third kappa shape index (κ3) is 1.93. The average Bonchev–Trinajstić information content (AvgIpc) is 2.90. The molecule has 0 unspecified atom stereocenters. The van der Waals surface area contributed by atoms with Gasteiger partial charge in [-0.1, -0.05) is 18.2 Å². The Balaban J connectivity index is 1.72. The van der Waals surface area contributed by atoms with Crippen molar-refractivity contribution in [2.24, 2.45) is 5.92 Å². The third-order valence-corrected chi connectivity index (χ3v) is 6.44. The first-order chi connectivity index (χ1) is 13.0. The molecule has 1 spiro atoms. The summed E-state index contributed by atoms with van der Waals surface area (Å²) in [6, 6.07) is 2.79. The number of piperidine rings is 1. The molecule has 1 fully saturated rings. The number of likely N-dealkylation sites (tertiary alicyclic amines) is 1. The fraction of sp³-hybridized carbons (Fsp3) is 0.529. The van der Waals surface area contributed by atoms with E-state index in [9.17, 15) is 13.5 Å². The summed E-state index contributed by atoms with van der Waals surface area (Å²) in [5.41, 5.74) is 0.939. The van der Waals surface area contributed by atoms with Crippen LogP contribution in [0.15, 0.2) is 24.3 Å². The van der Waals surface area contributed by atoms with E-state index < -0.39 is 35.0 Å². The van der Waals surface area contributed by atoms with Crippen molar-refractivity contribution in [1.29, 1.82) is 0 Å². The van der Waals surface area contributed by atoms with Gasteiger partial charge in [0.05, 0.1) is 0 Å². The lowest BCUT2D eigenvalue weighted by molar-refractivity contribution is -0.0452. The highest BCUT2D eigenvalue weighted by atomic mass is 32.3. The molecule has 0 aromatic heterocycles. The minimum Gasteiger partial charge on any atom is -0.482 e. The quantitative estimate of drug-likeness (QED) is 0.585. The van der Waals surface area contributed by atoms with Gasteiger partial charge in [-0.15, -0.1) is 0 Å². The molecule has 4 aliphatic rings. The largest absolute Gasteiger partial charge is 0.482 e. The Kier molecular flexibility index (Phi) is 2.42. The molecule has 5 rings (SSSR count). The lowest BCUT2D eigenvalue weighted by Gasteiger charge is -2.56. The molecule has 2 aliphatic carbocycles. The molecule has 2 heterocycles. The molecule has 2 aliphatic heterocycles. The maximum absolute atomic E-state index is 11.3. The first-order valence-corrected chi connectivity index (χ1v) is 9.52. The second kappa shape index (κ2) is 4.76. The normalized spacial score (nSPS) is 40.5. The van der Waals surface area contributed by atoms with E-state index in [1.807, 2.05) is 6.08 Å². The number of likely N-dealkylation sites (N-methyl/N-ethyl adjacent to an activating group) is 1. The van der Waals surface area contributed by atoms with Gasteiger partial charge in [0.1, 0.15) is 12.2 Å². The Bertz CT molecular complexity index is 993. The summed E-state index contributed by atoms with van der Waals surface area (Å²) in [5, 5.41) is 10.6. The van der Waals surface area contributed by atoms with Gasteiger partial charge in [0, 0.05) is 27.1 Å². The van der Waals surface area contributed by atoms with Crippen LogP contribution in [0.2, 0.25) is 0 Å². The van der Waals surface area contributed by atoms with E-state index in [4.69, 9.17) is 17.6 Å². The van der Waals surface area contributed by atoms with E-state index in [2.05, 4.69) is 0 Å². The van der Waals surface area contributed by atoms with Crippen molar-refractivity contribution in [3.63, 3.8) is 0 Å². The van der Waals surface area contributed by atoms with Crippen LogP contribution in [0.25, 0.3) is 0 Å². The third-order valence-electron chi connectivity index (χ3n) is 6.05. The number of ether oxygens (including phenoxy) is 1. The van der Waals surface area contributed by atoms with Crippen LogP contribution in [-0.2, 0) is 22.2 Å². The molecule has 8 heteroatoms. The lowest BCUT2D eigenvalue weighted by atomic mass is 9.53.